The largest absolute Gasteiger partial charge is 0.507 e. The third-order valence-corrected chi connectivity index (χ3v) is 2.21. The summed E-state index contributed by atoms with van der Waals surface area (Å²) in [5.74, 6) is 0.226. The van der Waals surface area contributed by atoms with E-state index in [-0.39, 0.29) is 11.5 Å². The summed E-state index contributed by atoms with van der Waals surface area (Å²) < 4.78 is 0. The van der Waals surface area contributed by atoms with Gasteiger partial charge in [0, 0.05) is 16.8 Å². The van der Waals surface area contributed by atoms with Crippen molar-refractivity contribution in [3.63, 3.8) is 0 Å². The molecule has 2 rings (SSSR count). The van der Waals surface area contributed by atoms with Crippen LogP contribution in [-0.4, -0.2) is 10.2 Å². The van der Waals surface area contributed by atoms with Crippen LogP contribution >= 0.6 is 0 Å². The first kappa shape index (κ1) is 9.40. The monoisotopic (exact) mass is 201 g/mol. The topological polar surface area (TPSA) is 66.5 Å². The van der Waals surface area contributed by atoms with Gasteiger partial charge in [0.1, 0.15) is 11.5 Å². The molecule has 0 aliphatic heterocycles. The van der Waals surface area contributed by atoms with Gasteiger partial charge in [-0.15, -0.1) is 0 Å². The first-order chi connectivity index (χ1) is 7.18. The number of phenolic OH excluding ortho intramolecular Hbond substituents is 2. The number of hydrogen-bond donors (Lipinski definition) is 3. The standard InChI is InChI=1S/C12H11NO2/c13-8-5-6-12(15)10(7-8)9-3-1-2-4-11(9)14/h1-7,14-15H,13H2. The van der Waals surface area contributed by atoms with Gasteiger partial charge in [0.15, 0.2) is 0 Å². The molecular formula is C12H11NO2. The molecule has 0 radical (unpaired) electrons. The van der Waals surface area contributed by atoms with Crippen LogP contribution in [0.4, 0.5) is 5.69 Å². The molecule has 3 heteroatoms. The fourth-order valence-electron chi connectivity index (χ4n) is 1.47. The van der Waals surface area contributed by atoms with E-state index < -0.39 is 0 Å². The zero-order valence-corrected chi connectivity index (χ0v) is 8.01. The van der Waals surface area contributed by atoms with E-state index in [1.54, 1.807) is 36.4 Å². The average Bonchev–Trinajstić information content (AvgIpc) is 2.23. The van der Waals surface area contributed by atoms with Crippen molar-refractivity contribution in [1.29, 1.82) is 0 Å². The van der Waals surface area contributed by atoms with E-state index in [0.717, 1.165) is 0 Å². The number of nitrogen functional groups attached to an aromatic ring is 1. The minimum absolute atomic E-state index is 0.103. The fourth-order valence-corrected chi connectivity index (χ4v) is 1.47. The van der Waals surface area contributed by atoms with Crippen LogP contribution in [0.5, 0.6) is 11.5 Å². The second-order valence-corrected chi connectivity index (χ2v) is 3.29. The second-order valence-electron chi connectivity index (χ2n) is 3.29. The Balaban J connectivity index is 2.64. The van der Waals surface area contributed by atoms with E-state index in [4.69, 9.17) is 5.73 Å². The molecule has 4 N–H and O–H groups in total. The molecule has 0 aromatic heterocycles. The van der Waals surface area contributed by atoms with Crippen molar-refractivity contribution in [3.05, 3.63) is 42.5 Å². The molecule has 0 fully saturated rings. The summed E-state index contributed by atoms with van der Waals surface area (Å²) in [6.45, 7) is 0. The Bertz CT molecular complexity index is 495. The smallest absolute Gasteiger partial charge is 0.123 e. The molecule has 0 unspecified atom stereocenters. The molecule has 0 aliphatic rings. The number of phenols is 2. The van der Waals surface area contributed by atoms with Gasteiger partial charge in [-0.25, -0.2) is 0 Å². The zero-order chi connectivity index (χ0) is 10.8. The van der Waals surface area contributed by atoms with Crippen molar-refractivity contribution in [2.75, 3.05) is 5.73 Å². The Kier molecular flexibility index (Phi) is 2.21. The van der Waals surface area contributed by atoms with Gasteiger partial charge >= 0.3 is 0 Å². The number of aromatic hydroxyl groups is 2. The Morgan fingerprint density at radius 2 is 1.47 bits per heavy atom. The molecule has 0 amide bonds. The number of hydrogen-bond acceptors (Lipinski definition) is 3. The van der Waals surface area contributed by atoms with Gasteiger partial charge in [0.05, 0.1) is 0 Å². The summed E-state index contributed by atoms with van der Waals surface area (Å²) in [6.07, 6.45) is 0. The first-order valence-electron chi connectivity index (χ1n) is 4.55. The van der Waals surface area contributed by atoms with Crippen LogP contribution in [0.1, 0.15) is 0 Å². The van der Waals surface area contributed by atoms with Gasteiger partial charge in [-0.05, 0) is 24.3 Å². The van der Waals surface area contributed by atoms with Gasteiger partial charge < -0.3 is 15.9 Å². The summed E-state index contributed by atoms with van der Waals surface area (Å²) in [7, 11) is 0. The normalized spacial score (nSPS) is 10.1. The average molecular weight is 201 g/mol. The summed E-state index contributed by atoms with van der Waals surface area (Å²) in [6, 6.07) is 11.6. The highest BCUT2D eigenvalue weighted by Crippen LogP contribution is 2.35. The van der Waals surface area contributed by atoms with Gasteiger partial charge in [-0.1, -0.05) is 18.2 Å². The molecule has 15 heavy (non-hydrogen) atoms. The van der Waals surface area contributed by atoms with Crippen LogP contribution < -0.4 is 5.73 Å². The van der Waals surface area contributed by atoms with Crippen LogP contribution in [0.25, 0.3) is 11.1 Å². The molecule has 0 saturated carbocycles. The minimum atomic E-state index is 0.103. The second kappa shape index (κ2) is 3.53. The Labute approximate surface area is 87.4 Å². The van der Waals surface area contributed by atoms with E-state index in [0.29, 0.717) is 16.8 Å². The lowest BCUT2D eigenvalue weighted by atomic mass is 10.0. The third-order valence-electron chi connectivity index (χ3n) is 2.21. The van der Waals surface area contributed by atoms with Crippen molar-refractivity contribution >= 4 is 5.69 Å². The highest BCUT2D eigenvalue weighted by Gasteiger charge is 2.08. The quantitative estimate of drug-likeness (QED) is 0.490. The molecule has 0 heterocycles. The Hall–Kier alpha value is -2.16. The van der Waals surface area contributed by atoms with Gasteiger partial charge in [0.25, 0.3) is 0 Å². The maximum atomic E-state index is 9.65. The van der Waals surface area contributed by atoms with Crippen molar-refractivity contribution < 1.29 is 10.2 Å². The first-order valence-corrected chi connectivity index (χ1v) is 4.55. The highest BCUT2D eigenvalue weighted by molar-refractivity contribution is 5.77. The highest BCUT2D eigenvalue weighted by atomic mass is 16.3. The Morgan fingerprint density at radius 3 is 2.20 bits per heavy atom. The van der Waals surface area contributed by atoms with Gasteiger partial charge in [-0.2, -0.15) is 0 Å². The molecule has 0 bridgehead atoms. The predicted molar refractivity (Wildman–Crippen MR) is 59.6 cm³/mol. The van der Waals surface area contributed by atoms with E-state index >= 15 is 0 Å². The lowest BCUT2D eigenvalue weighted by Crippen LogP contribution is -1.86. The predicted octanol–water partition coefficient (Wildman–Crippen LogP) is 2.35. The van der Waals surface area contributed by atoms with Crippen LogP contribution in [0.2, 0.25) is 0 Å². The van der Waals surface area contributed by atoms with E-state index in [9.17, 15) is 10.2 Å². The lowest BCUT2D eigenvalue weighted by molar-refractivity contribution is 0.469. The lowest BCUT2D eigenvalue weighted by Gasteiger charge is -2.07. The van der Waals surface area contributed by atoms with Gasteiger partial charge in [-0.3, -0.25) is 0 Å². The van der Waals surface area contributed by atoms with Crippen molar-refractivity contribution in [2.45, 2.75) is 0 Å². The molecule has 0 aliphatic carbocycles. The maximum Gasteiger partial charge on any atom is 0.123 e. The van der Waals surface area contributed by atoms with Gasteiger partial charge in [0.2, 0.25) is 0 Å². The van der Waals surface area contributed by atoms with Crippen molar-refractivity contribution in [2.24, 2.45) is 0 Å². The molecule has 76 valence electrons. The summed E-state index contributed by atoms with van der Waals surface area (Å²) in [5.41, 5.74) is 7.28. The number of nitrogens with two attached hydrogens (primary N) is 1. The number of para-hydroxylation sites is 1. The molecular weight excluding hydrogens is 190 g/mol. The molecule has 2 aromatic rings. The molecule has 0 spiro atoms. The van der Waals surface area contributed by atoms with Crippen LogP contribution in [0, 0.1) is 0 Å². The van der Waals surface area contributed by atoms with Crippen molar-refractivity contribution in [3.8, 4) is 22.6 Å². The van der Waals surface area contributed by atoms with Crippen LogP contribution in [0.15, 0.2) is 42.5 Å². The van der Waals surface area contributed by atoms with E-state index in [1.807, 2.05) is 0 Å². The summed E-state index contributed by atoms with van der Waals surface area (Å²) >= 11 is 0. The number of rotatable bonds is 1. The fraction of sp³-hybridized carbons (Fsp3) is 0. The van der Waals surface area contributed by atoms with E-state index in [2.05, 4.69) is 0 Å². The van der Waals surface area contributed by atoms with Crippen molar-refractivity contribution in [1.82, 2.24) is 0 Å². The Morgan fingerprint density at radius 1 is 0.800 bits per heavy atom. The molecule has 0 saturated heterocycles. The molecule has 2 aromatic carbocycles. The third kappa shape index (κ3) is 1.72. The number of anilines is 1. The minimum Gasteiger partial charge on any atom is -0.507 e. The number of benzene rings is 2. The summed E-state index contributed by atoms with van der Waals surface area (Å²) in [5, 5.41) is 19.3. The zero-order valence-electron chi connectivity index (χ0n) is 8.01. The maximum absolute atomic E-state index is 9.65. The molecule has 3 nitrogen and oxygen atoms in total. The summed E-state index contributed by atoms with van der Waals surface area (Å²) in [4.78, 5) is 0. The van der Waals surface area contributed by atoms with Crippen LogP contribution in [0.3, 0.4) is 0 Å². The molecule has 0 atom stereocenters. The van der Waals surface area contributed by atoms with E-state index in [1.165, 1.54) is 6.07 Å². The SMILES string of the molecule is Nc1ccc(O)c(-c2ccccc2O)c1. The van der Waals surface area contributed by atoms with Crippen LogP contribution in [-0.2, 0) is 0 Å².